The maximum atomic E-state index is 12.1. The zero-order valence-corrected chi connectivity index (χ0v) is 12.5. The van der Waals surface area contributed by atoms with Crippen LogP contribution in [0.4, 0.5) is 0 Å². The quantitative estimate of drug-likeness (QED) is 0.865. The van der Waals surface area contributed by atoms with E-state index in [0.717, 1.165) is 5.03 Å². The second-order valence-electron chi connectivity index (χ2n) is 5.08. The van der Waals surface area contributed by atoms with Gasteiger partial charge in [-0.15, -0.1) is 0 Å². The second kappa shape index (κ2) is 4.53. The van der Waals surface area contributed by atoms with Crippen molar-refractivity contribution in [1.82, 2.24) is 9.88 Å². The third-order valence-corrected chi connectivity index (χ3v) is 6.11. The van der Waals surface area contributed by atoms with E-state index in [4.69, 9.17) is 0 Å². The van der Waals surface area contributed by atoms with Crippen molar-refractivity contribution in [3.05, 3.63) is 34.3 Å². The summed E-state index contributed by atoms with van der Waals surface area (Å²) in [6.45, 7) is 3.69. The summed E-state index contributed by atoms with van der Waals surface area (Å²) in [4.78, 5) is 29.1. The molecule has 0 aromatic carbocycles. The number of aromatic nitrogens is 1. The van der Waals surface area contributed by atoms with Crippen molar-refractivity contribution in [1.29, 1.82) is 0 Å². The highest BCUT2D eigenvalue weighted by Gasteiger charge is 2.61. The minimum atomic E-state index is -1.07. The Hall–Kier alpha value is -1.47. The molecule has 0 bridgehead atoms. The third kappa shape index (κ3) is 1.84. The maximum Gasteiger partial charge on any atom is 0.354 e. The first-order chi connectivity index (χ1) is 9.43. The fraction of sp³-hybridized carbons (Fsp3) is 0.308. The number of carboxylic acid groups (broad SMARTS) is 1. The average molecular weight is 308 g/mol. The Morgan fingerprint density at radius 2 is 2.25 bits per heavy atom. The van der Waals surface area contributed by atoms with Gasteiger partial charge in [-0.1, -0.05) is 29.6 Å². The summed E-state index contributed by atoms with van der Waals surface area (Å²) in [5.41, 5.74) is -0.433. The molecule has 3 rings (SSSR count). The van der Waals surface area contributed by atoms with E-state index in [-0.39, 0.29) is 17.0 Å². The molecule has 0 radical (unpaired) electrons. The standard InChI is InChI=1S/C13H12N2O3S2/c1-13(2)11(18)15-8(9(16)17)10(20-12(13)15)19-7-5-3-4-6-14-7/h3-6,12H,1-2H3,(H,16,17)/t12-/m0/s1. The molecular formula is C13H12N2O3S2. The number of β-lactam (4-membered cyclic amide) rings is 1. The van der Waals surface area contributed by atoms with Gasteiger partial charge in [0.1, 0.15) is 10.4 Å². The zero-order valence-electron chi connectivity index (χ0n) is 10.9. The largest absolute Gasteiger partial charge is 0.477 e. The molecule has 1 N–H and O–H groups in total. The van der Waals surface area contributed by atoms with E-state index in [2.05, 4.69) is 4.98 Å². The number of carbonyl (C=O) groups is 2. The summed E-state index contributed by atoms with van der Waals surface area (Å²) in [5, 5.41) is 9.96. The number of carboxylic acids is 1. The predicted molar refractivity (Wildman–Crippen MR) is 76.8 cm³/mol. The van der Waals surface area contributed by atoms with Gasteiger partial charge < -0.3 is 5.11 Å². The number of hydrogen-bond acceptors (Lipinski definition) is 5. The summed E-state index contributed by atoms with van der Waals surface area (Å²) in [6, 6.07) is 5.47. The van der Waals surface area contributed by atoms with Crippen LogP contribution in [0.25, 0.3) is 0 Å². The lowest BCUT2D eigenvalue weighted by Gasteiger charge is -2.48. The number of thioether (sulfide) groups is 2. The highest BCUT2D eigenvalue weighted by molar-refractivity contribution is 8.22. The first-order valence-corrected chi connectivity index (χ1v) is 7.69. The Kier molecular flexibility index (Phi) is 3.06. The Labute approximate surface area is 124 Å². The Balaban J connectivity index is 1.94. The summed E-state index contributed by atoms with van der Waals surface area (Å²) in [7, 11) is 0. The first-order valence-electron chi connectivity index (χ1n) is 5.99. The van der Waals surface area contributed by atoms with Crippen LogP contribution >= 0.6 is 23.5 Å². The molecule has 104 valence electrons. The van der Waals surface area contributed by atoms with Crippen LogP contribution in [0.2, 0.25) is 0 Å². The van der Waals surface area contributed by atoms with Gasteiger partial charge in [0, 0.05) is 6.20 Å². The van der Waals surface area contributed by atoms with Crippen LogP contribution in [0.5, 0.6) is 0 Å². The summed E-state index contributed by atoms with van der Waals surface area (Å²) >= 11 is 2.72. The van der Waals surface area contributed by atoms with E-state index >= 15 is 0 Å². The van der Waals surface area contributed by atoms with Crippen LogP contribution in [0.1, 0.15) is 13.8 Å². The maximum absolute atomic E-state index is 12.1. The molecule has 0 unspecified atom stereocenters. The van der Waals surface area contributed by atoms with Crippen LogP contribution in [0, 0.1) is 5.41 Å². The number of amides is 1. The molecule has 2 aliphatic heterocycles. The summed E-state index contributed by atoms with van der Waals surface area (Å²) in [5.74, 6) is -1.20. The van der Waals surface area contributed by atoms with Crippen molar-refractivity contribution < 1.29 is 14.7 Å². The average Bonchev–Trinajstić information content (AvgIpc) is 2.77. The van der Waals surface area contributed by atoms with Gasteiger partial charge in [0.25, 0.3) is 0 Å². The molecule has 1 saturated heterocycles. The van der Waals surface area contributed by atoms with Crippen molar-refractivity contribution in [2.24, 2.45) is 5.41 Å². The topological polar surface area (TPSA) is 70.5 Å². The number of carbonyl (C=O) groups excluding carboxylic acids is 1. The number of aliphatic carboxylic acids is 1. The fourth-order valence-corrected chi connectivity index (χ4v) is 4.88. The van der Waals surface area contributed by atoms with Gasteiger partial charge in [0.05, 0.1) is 9.65 Å². The van der Waals surface area contributed by atoms with E-state index in [1.807, 2.05) is 26.0 Å². The van der Waals surface area contributed by atoms with Gasteiger partial charge in [-0.3, -0.25) is 9.69 Å². The van der Waals surface area contributed by atoms with Gasteiger partial charge in [0.15, 0.2) is 5.70 Å². The minimum absolute atomic E-state index is 0.0833. The van der Waals surface area contributed by atoms with Gasteiger partial charge in [0.2, 0.25) is 5.91 Å². The monoisotopic (exact) mass is 308 g/mol. The molecule has 0 spiro atoms. The van der Waals surface area contributed by atoms with Gasteiger partial charge >= 0.3 is 5.97 Å². The predicted octanol–water partition coefficient (Wildman–Crippen LogP) is 2.37. The van der Waals surface area contributed by atoms with Crippen molar-refractivity contribution in [2.45, 2.75) is 24.2 Å². The van der Waals surface area contributed by atoms with Crippen molar-refractivity contribution in [3.63, 3.8) is 0 Å². The van der Waals surface area contributed by atoms with Crippen LogP contribution in [-0.4, -0.2) is 32.2 Å². The van der Waals surface area contributed by atoms with Crippen molar-refractivity contribution in [3.8, 4) is 0 Å². The van der Waals surface area contributed by atoms with E-state index in [0.29, 0.717) is 4.24 Å². The highest BCUT2D eigenvalue weighted by atomic mass is 32.2. The van der Waals surface area contributed by atoms with Crippen LogP contribution in [0.15, 0.2) is 39.4 Å². The summed E-state index contributed by atoms with van der Waals surface area (Å²) < 4.78 is 0.625. The Morgan fingerprint density at radius 1 is 1.50 bits per heavy atom. The fourth-order valence-electron chi connectivity index (χ4n) is 2.22. The molecule has 1 amide bonds. The van der Waals surface area contributed by atoms with E-state index in [9.17, 15) is 14.7 Å². The number of nitrogens with zero attached hydrogens (tertiary/aromatic N) is 2. The number of fused-ring (bicyclic) bond motifs is 1. The van der Waals surface area contributed by atoms with E-state index in [1.54, 1.807) is 12.3 Å². The van der Waals surface area contributed by atoms with Crippen LogP contribution < -0.4 is 0 Å². The van der Waals surface area contributed by atoms with E-state index in [1.165, 1.54) is 28.4 Å². The highest BCUT2D eigenvalue weighted by Crippen LogP contribution is 2.58. The smallest absolute Gasteiger partial charge is 0.354 e. The lowest BCUT2D eigenvalue weighted by Crippen LogP contribution is -2.62. The molecule has 7 heteroatoms. The van der Waals surface area contributed by atoms with Crippen LogP contribution in [0.3, 0.4) is 0 Å². The first kappa shape index (κ1) is 13.5. The molecule has 1 fully saturated rings. The molecular weight excluding hydrogens is 296 g/mol. The molecule has 0 saturated carbocycles. The molecule has 20 heavy (non-hydrogen) atoms. The molecule has 0 aliphatic carbocycles. The summed E-state index contributed by atoms with van der Waals surface area (Å²) in [6.07, 6.45) is 1.66. The molecule has 1 atom stereocenters. The van der Waals surface area contributed by atoms with Gasteiger partial charge in [-0.05, 0) is 26.0 Å². The van der Waals surface area contributed by atoms with Crippen LogP contribution in [-0.2, 0) is 9.59 Å². The molecule has 1 aromatic heterocycles. The third-order valence-electron chi connectivity index (χ3n) is 3.31. The second-order valence-corrected chi connectivity index (χ2v) is 7.46. The normalized spacial score (nSPS) is 23.6. The molecule has 5 nitrogen and oxygen atoms in total. The number of pyridine rings is 1. The molecule has 2 aliphatic rings. The van der Waals surface area contributed by atoms with Gasteiger partial charge in [-0.2, -0.15) is 0 Å². The molecule has 1 aromatic rings. The Bertz CT molecular complexity index is 628. The molecule has 3 heterocycles. The lowest BCUT2D eigenvalue weighted by molar-refractivity contribution is -0.159. The SMILES string of the molecule is CC1(C)C(=O)N2C(C(=O)O)=C(Sc3ccccn3)S[C@H]21. The number of hydrogen-bond donors (Lipinski definition) is 1. The minimum Gasteiger partial charge on any atom is -0.477 e. The van der Waals surface area contributed by atoms with E-state index < -0.39 is 11.4 Å². The Morgan fingerprint density at radius 3 is 2.85 bits per heavy atom. The number of rotatable bonds is 3. The van der Waals surface area contributed by atoms with Crippen molar-refractivity contribution >= 4 is 35.4 Å². The lowest BCUT2D eigenvalue weighted by atomic mass is 9.82. The van der Waals surface area contributed by atoms with Crippen molar-refractivity contribution in [2.75, 3.05) is 0 Å². The zero-order chi connectivity index (χ0) is 14.5. The van der Waals surface area contributed by atoms with Gasteiger partial charge in [-0.25, -0.2) is 9.78 Å².